The first-order valence-corrected chi connectivity index (χ1v) is 7.45. The van der Waals surface area contributed by atoms with Gasteiger partial charge in [0.1, 0.15) is 5.75 Å². The standard InChI is InChI=1S/C18H23NO/c1-3-5-6-8-14(7-4-2)17-12-10-15-9-11-16(20)13-18(15)19-17/h4,9-14,20H,2-3,5-8H2,1H3. The van der Waals surface area contributed by atoms with E-state index in [-0.39, 0.29) is 5.75 Å². The van der Waals surface area contributed by atoms with Crippen LogP contribution < -0.4 is 0 Å². The smallest absolute Gasteiger partial charge is 0.117 e. The fourth-order valence-electron chi connectivity index (χ4n) is 2.58. The third-order valence-electron chi connectivity index (χ3n) is 3.72. The van der Waals surface area contributed by atoms with E-state index < -0.39 is 0 Å². The van der Waals surface area contributed by atoms with E-state index in [1.54, 1.807) is 12.1 Å². The Morgan fingerprint density at radius 3 is 2.80 bits per heavy atom. The second-order valence-electron chi connectivity index (χ2n) is 5.33. The number of nitrogens with zero attached hydrogens (tertiary/aromatic N) is 1. The number of allylic oxidation sites excluding steroid dienone is 1. The van der Waals surface area contributed by atoms with Gasteiger partial charge in [-0.2, -0.15) is 0 Å². The van der Waals surface area contributed by atoms with Crippen LogP contribution in [0.2, 0.25) is 0 Å². The lowest BCUT2D eigenvalue weighted by Crippen LogP contribution is -2.01. The van der Waals surface area contributed by atoms with Crippen LogP contribution in [0.1, 0.15) is 50.6 Å². The molecule has 0 aliphatic heterocycles. The summed E-state index contributed by atoms with van der Waals surface area (Å²) in [4.78, 5) is 4.73. The van der Waals surface area contributed by atoms with Crippen LogP contribution >= 0.6 is 0 Å². The van der Waals surface area contributed by atoms with Gasteiger partial charge in [0.15, 0.2) is 0 Å². The average Bonchev–Trinajstić information content (AvgIpc) is 2.46. The summed E-state index contributed by atoms with van der Waals surface area (Å²) in [6, 6.07) is 9.54. The second kappa shape index (κ2) is 7.09. The van der Waals surface area contributed by atoms with Crippen molar-refractivity contribution in [3.8, 4) is 5.75 Å². The van der Waals surface area contributed by atoms with E-state index in [2.05, 4.69) is 25.6 Å². The van der Waals surface area contributed by atoms with Gasteiger partial charge in [0.05, 0.1) is 5.52 Å². The average molecular weight is 269 g/mol. The van der Waals surface area contributed by atoms with E-state index in [4.69, 9.17) is 4.98 Å². The largest absolute Gasteiger partial charge is 0.508 e. The summed E-state index contributed by atoms with van der Waals surface area (Å²) < 4.78 is 0. The van der Waals surface area contributed by atoms with Crippen LogP contribution in [-0.4, -0.2) is 10.1 Å². The quantitative estimate of drug-likeness (QED) is 0.555. The maximum absolute atomic E-state index is 9.58. The lowest BCUT2D eigenvalue weighted by atomic mass is 9.93. The van der Waals surface area contributed by atoms with Crippen molar-refractivity contribution in [1.82, 2.24) is 4.98 Å². The van der Waals surface area contributed by atoms with Crippen LogP contribution in [0.25, 0.3) is 10.9 Å². The predicted molar refractivity (Wildman–Crippen MR) is 85.1 cm³/mol. The molecule has 0 saturated heterocycles. The number of pyridine rings is 1. The number of phenols is 1. The molecule has 1 N–H and O–H groups in total. The van der Waals surface area contributed by atoms with Crippen molar-refractivity contribution < 1.29 is 5.11 Å². The fourth-order valence-corrected chi connectivity index (χ4v) is 2.58. The van der Waals surface area contributed by atoms with Crippen molar-refractivity contribution >= 4 is 10.9 Å². The Kier molecular flexibility index (Phi) is 5.16. The minimum atomic E-state index is 0.272. The van der Waals surface area contributed by atoms with E-state index in [1.807, 2.05) is 12.1 Å². The number of rotatable bonds is 7. The maximum Gasteiger partial charge on any atom is 0.117 e. The first-order valence-electron chi connectivity index (χ1n) is 7.45. The Morgan fingerprint density at radius 1 is 1.25 bits per heavy atom. The Hall–Kier alpha value is -1.83. The number of aromatic nitrogens is 1. The van der Waals surface area contributed by atoms with Crippen molar-refractivity contribution in [2.24, 2.45) is 0 Å². The normalized spacial score (nSPS) is 12.4. The van der Waals surface area contributed by atoms with Crippen LogP contribution in [0.5, 0.6) is 5.75 Å². The zero-order valence-electron chi connectivity index (χ0n) is 12.2. The van der Waals surface area contributed by atoms with Crippen molar-refractivity contribution in [1.29, 1.82) is 0 Å². The van der Waals surface area contributed by atoms with Crippen molar-refractivity contribution in [2.75, 3.05) is 0 Å². The SMILES string of the molecule is C=CCC(CCCCC)c1ccc2ccc(O)cc2n1. The van der Waals surface area contributed by atoms with Gasteiger partial charge in [0.2, 0.25) is 0 Å². The van der Waals surface area contributed by atoms with Crippen LogP contribution in [0.4, 0.5) is 0 Å². The first-order chi connectivity index (χ1) is 9.74. The second-order valence-corrected chi connectivity index (χ2v) is 5.33. The topological polar surface area (TPSA) is 33.1 Å². The molecule has 2 heteroatoms. The number of unbranched alkanes of at least 4 members (excludes halogenated alkanes) is 2. The Labute approximate surface area is 121 Å². The van der Waals surface area contributed by atoms with E-state index >= 15 is 0 Å². The van der Waals surface area contributed by atoms with Crippen molar-refractivity contribution in [3.05, 3.63) is 48.7 Å². The molecular formula is C18H23NO. The Balaban J connectivity index is 2.25. The van der Waals surface area contributed by atoms with E-state index in [0.29, 0.717) is 5.92 Å². The third-order valence-corrected chi connectivity index (χ3v) is 3.72. The minimum absolute atomic E-state index is 0.272. The molecule has 0 fully saturated rings. The molecule has 0 bridgehead atoms. The van der Waals surface area contributed by atoms with Crippen LogP contribution in [-0.2, 0) is 0 Å². The number of phenolic OH excluding ortho intramolecular Hbond substituents is 1. The summed E-state index contributed by atoms with van der Waals surface area (Å²) in [6.07, 6.45) is 7.82. The van der Waals surface area contributed by atoms with Crippen molar-refractivity contribution in [3.63, 3.8) is 0 Å². The molecule has 0 radical (unpaired) electrons. The van der Waals surface area contributed by atoms with Gasteiger partial charge < -0.3 is 5.11 Å². The molecule has 1 aromatic carbocycles. The molecule has 20 heavy (non-hydrogen) atoms. The molecule has 1 aromatic heterocycles. The highest BCUT2D eigenvalue weighted by atomic mass is 16.3. The molecule has 106 valence electrons. The van der Waals surface area contributed by atoms with Crippen LogP contribution in [0, 0.1) is 0 Å². The van der Waals surface area contributed by atoms with Crippen molar-refractivity contribution in [2.45, 2.75) is 44.9 Å². The molecule has 1 atom stereocenters. The highest BCUT2D eigenvalue weighted by Crippen LogP contribution is 2.27. The fraction of sp³-hybridized carbons (Fsp3) is 0.389. The molecule has 2 nitrogen and oxygen atoms in total. The lowest BCUT2D eigenvalue weighted by Gasteiger charge is -2.15. The number of fused-ring (bicyclic) bond motifs is 1. The van der Waals surface area contributed by atoms with Gasteiger partial charge in [0.25, 0.3) is 0 Å². The molecule has 1 heterocycles. The molecule has 2 aromatic rings. The molecular weight excluding hydrogens is 246 g/mol. The number of hydrogen-bond donors (Lipinski definition) is 1. The maximum atomic E-state index is 9.58. The van der Waals surface area contributed by atoms with Gasteiger partial charge in [-0.3, -0.25) is 4.98 Å². The summed E-state index contributed by atoms with van der Waals surface area (Å²) in [5.74, 6) is 0.708. The van der Waals surface area contributed by atoms with Crippen LogP contribution in [0.15, 0.2) is 43.0 Å². The van der Waals surface area contributed by atoms with Gasteiger partial charge in [-0.1, -0.05) is 38.3 Å². The Bertz CT molecular complexity index is 577. The summed E-state index contributed by atoms with van der Waals surface area (Å²) in [5, 5.41) is 10.6. The van der Waals surface area contributed by atoms with Gasteiger partial charge in [-0.15, -0.1) is 6.58 Å². The zero-order chi connectivity index (χ0) is 14.4. The van der Waals surface area contributed by atoms with Gasteiger partial charge in [0, 0.05) is 23.1 Å². The molecule has 0 aliphatic carbocycles. The lowest BCUT2D eigenvalue weighted by molar-refractivity contribution is 0.476. The summed E-state index contributed by atoms with van der Waals surface area (Å²) >= 11 is 0. The summed E-state index contributed by atoms with van der Waals surface area (Å²) in [7, 11) is 0. The first kappa shape index (κ1) is 14.6. The summed E-state index contributed by atoms with van der Waals surface area (Å²) in [6.45, 7) is 6.08. The highest BCUT2D eigenvalue weighted by molar-refractivity contribution is 5.80. The van der Waals surface area contributed by atoms with Gasteiger partial charge in [-0.25, -0.2) is 0 Å². The van der Waals surface area contributed by atoms with Gasteiger partial charge in [-0.05, 0) is 31.0 Å². The minimum Gasteiger partial charge on any atom is -0.508 e. The molecule has 0 saturated carbocycles. The monoisotopic (exact) mass is 269 g/mol. The molecule has 1 unspecified atom stereocenters. The summed E-state index contributed by atoms with van der Waals surface area (Å²) in [5.41, 5.74) is 1.98. The van der Waals surface area contributed by atoms with E-state index in [0.717, 1.165) is 29.4 Å². The van der Waals surface area contributed by atoms with Crippen LogP contribution in [0.3, 0.4) is 0 Å². The number of benzene rings is 1. The molecule has 2 rings (SSSR count). The number of hydrogen-bond acceptors (Lipinski definition) is 2. The predicted octanol–water partition coefficient (Wildman–Crippen LogP) is 5.18. The molecule has 0 amide bonds. The molecule has 0 aliphatic rings. The van der Waals surface area contributed by atoms with E-state index in [9.17, 15) is 5.11 Å². The van der Waals surface area contributed by atoms with Gasteiger partial charge >= 0.3 is 0 Å². The molecule has 0 spiro atoms. The van der Waals surface area contributed by atoms with E-state index in [1.165, 1.54) is 19.3 Å². The third kappa shape index (κ3) is 3.60. The Morgan fingerprint density at radius 2 is 2.05 bits per heavy atom. The highest BCUT2D eigenvalue weighted by Gasteiger charge is 2.12. The zero-order valence-corrected chi connectivity index (χ0v) is 12.2. The number of aromatic hydroxyl groups is 1.